The van der Waals surface area contributed by atoms with Gasteiger partial charge in [-0.2, -0.15) is 12.8 Å². The van der Waals surface area contributed by atoms with Crippen LogP contribution in [0.15, 0.2) is 12.7 Å². The molecule has 0 aromatic rings. The van der Waals surface area contributed by atoms with Gasteiger partial charge in [-0.05, 0) is 0 Å². The Morgan fingerprint density at radius 3 is 2.25 bits per heavy atom. The van der Waals surface area contributed by atoms with Crippen LogP contribution in [-0.2, 0) is 0 Å². The van der Waals surface area contributed by atoms with E-state index < -0.39 is 0 Å². The first kappa shape index (κ1) is 16.0. The zero-order valence-corrected chi connectivity index (χ0v) is 8.36. The van der Waals surface area contributed by atoms with E-state index in [4.69, 9.17) is 0 Å². The summed E-state index contributed by atoms with van der Waals surface area (Å²) in [7, 11) is 0. The molecule has 0 aliphatic rings. The van der Waals surface area contributed by atoms with E-state index in [2.05, 4.69) is 19.9 Å². The molecule has 0 heterocycles. The molecule has 0 unspecified atom stereocenters. The summed E-state index contributed by atoms with van der Waals surface area (Å²) in [6, 6.07) is 0. The van der Waals surface area contributed by atoms with Crippen LogP contribution in [0, 0.1) is 6.42 Å². The normalized spacial score (nSPS) is 6.12. The molecule has 0 radical (unpaired) electrons. The molecule has 0 bridgehead atoms. The maximum atomic E-state index is 3.57. The summed E-state index contributed by atoms with van der Waals surface area (Å²) in [4.78, 5) is 0. The summed E-state index contributed by atoms with van der Waals surface area (Å²) in [6.07, 6.45) is 6.30. The molecular formula is C6H11BrMg. The predicted molar refractivity (Wildman–Crippen MR) is 35.2 cm³/mol. The van der Waals surface area contributed by atoms with Gasteiger partial charge >= 0.3 is 23.1 Å². The van der Waals surface area contributed by atoms with Crippen LogP contribution < -0.4 is 17.0 Å². The van der Waals surface area contributed by atoms with Gasteiger partial charge in [0, 0.05) is 0 Å². The zero-order valence-electron chi connectivity index (χ0n) is 5.36. The Balaban J connectivity index is -0.000000125. The number of hydrogen-bond acceptors (Lipinski definition) is 0. The van der Waals surface area contributed by atoms with Gasteiger partial charge in [-0.1, -0.05) is 6.92 Å². The molecule has 0 saturated carbocycles. The van der Waals surface area contributed by atoms with E-state index >= 15 is 0 Å². The molecule has 2 heteroatoms. The fourth-order valence-electron chi connectivity index (χ4n) is 0.285. The van der Waals surface area contributed by atoms with Crippen molar-refractivity contribution in [3.05, 3.63) is 19.1 Å². The van der Waals surface area contributed by atoms with E-state index in [1.807, 2.05) is 6.08 Å². The van der Waals surface area contributed by atoms with Crippen molar-refractivity contribution in [1.29, 1.82) is 0 Å². The number of hydrogen-bond donors (Lipinski definition) is 0. The monoisotopic (exact) mass is 186 g/mol. The van der Waals surface area contributed by atoms with E-state index in [0.717, 1.165) is 12.8 Å². The number of rotatable bonds is 3. The molecule has 0 aromatic carbocycles. The first-order valence-electron chi connectivity index (χ1n) is 2.34. The molecule has 0 N–H and O–H groups in total. The molecular weight excluding hydrogens is 176 g/mol. The molecule has 0 amide bonds. The van der Waals surface area contributed by atoms with Crippen LogP contribution in [-0.4, -0.2) is 23.1 Å². The van der Waals surface area contributed by atoms with Gasteiger partial charge in [0.05, 0.1) is 0 Å². The fraction of sp³-hybridized carbons (Fsp3) is 0.500. The first-order valence-corrected chi connectivity index (χ1v) is 2.34. The van der Waals surface area contributed by atoms with E-state index in [0.29, 0.717) is 0 Å². The predicted octanol–water partition coefficient (Wildman–Crippen LogP) is -1.20. The van der Waals surface area contributed by atoms with Crippen molar-refractivity contribution in [2.75, 3.05) is 0 Å². The molecule has 0 aliphatic carbocycles. The second-order valence-corrected chi connectivity index (χ2v) is 1.22. The van der Waals surface area contributed by atoms with E-state index in [1.165, 1.54) is 0 Å². The van der Waals surface area contributed by atoms with E-state index in [9.17, 15) is 0 Å². The summed E-state index contributed by atoms with van der Waals surface area (Å²) in [5, 5.41) is 0. The average Bonchev–Trinajstić information content (AvgIpc) is 1.61. The SMILES string of the molecule is C=CC[CH-]CC.[Br-].[Mg+2]. The largest absolute Gasteiger partial charge is 2.00 e. The molecule has 0 aromatic heterocycles. The number of halogens is 1. The standard InChI is InChI=1S/C6H11.BrH.Mg/c1-3-5-6-4-2;;/h3,6H,1,4-5H2,2H3;1H;/q-1;;+2/p-1. The third kappa shape index (κ3) is 15.8. The fourth-order valence-corrected chi connectivity index (χ4v) is 0.285. The smallest absolute Gasteiger partial charge is 1.00 e. The van der Waals surface area contributed by atoms with Crippen LogP contribution in [0.2, 0.25) is 0 Å². The van der Waals surface area contributed by atoms with Gasteiger partial charge in [0.1, 0.15) is 0 Å². The molecule has 0 spiro atoms. The Hall–Kier alpha value is 0.986. The third-order valence-electron chi connectivity index (χ3n) is 0.622. The van der Waals surface area contributed by atoms with E-state index in [1.54, 1.807) is 0 Å². The minimum absolute atomic E-state index is 0. The Labute approximate surface area is 78.7 Å². The molecule has 8 heavy (non-hydrogen) atoms. The van der Waals surface area contributed by atoms with E-state index in [-0.39, 0.29) is 40.0 Å². The molecule has 0 rings (SSSR count). The molecule has 0 nitrogen and oxygen atoms in total. The van der Waals surface area contributed by atoms with Crippen molar-refractivity contribution >= 4 is 23.1 Å². The quantitative estimate of drug-likeness (QED) is 0.225. The molecule has 44 valence electrons. The van der Waals surface area contributed by atoms with Crippen molar-refractivity contribution in [2.24, 2.45) is 0 Å². The van der Waals surface area contributed by atoms with Crippen molar-refractivity contribution in [3.63, 3.8) is 0 Å². The summed E-state index contributed by atoms with van der Waals surface area (Å²) >= 11 is 0. The van der Waals surface area contributed by atoms with Gasteiger partial charge < -0.3 is 23.4 Å². The van der Waals surface area contributed by atoms with Crippen molar-refractivity contribution in [2.45, 2.75) is 19.8 Å². The summed E-state index contributed by atoms with van der Waals surface area (Å²) < 4.78 is 0. The van der Waals surface area contributed by atoms with Gasteiger partial charge in [0.15, 0.2) is 0 Å². The van der Waals surface area contributed by atoms with Crippen LogP contribution in [0.3, 0.4) is 0 Å². The van der Waals surface area contributed by atoms with Crippen LogP contribution in [0.4, 0.5) is 0 Å². The third-order valence-corrected chi connectivity index (χ3v) is 0.622. The van der Waals surface area contributed by atoms with Crippen LogP contribution >= 0.6 is 0 Å². The van der Waals surface area contributed by atoms with Gasteiger partial charge in [-0.15, -0.1) is 12.7 Å². The number of unbranched alkanes of at least 4 members (excludes halogenated alkanes) is 2. The van der Waals surface area contributed by atoms with Crippen molar-refractivity contribution in [1.82, 2.24) is 0 Å². The molecule has 0 saturated heterocycles. The minimum atomic E-state index is 0. The van der Waals surface area contributed by atoms with Crippen LogP contribution in [0.5, 0.6) is 0 Å². The minimum Gasteiger partial charge on any atom is -1.00 e. The van der Waals surface area contributed by atoms with Gasteiger partial charge in [-0.25, -0.2) is 0 Å². The maximum absolute atomic E-state index is 3.57. The second kappa shape index (κ2) is 15.7. The Bertz CT molecular complexity index is 37.5. The van der Waals surface area contributed by atoms with Crippen LogP contribution in [0.25, 0.3) is 0 Å². The molecule has 0 fully saturated rings. The maximum Gasteiger partial charge on any atom is 2.00 e. The zero-order chi connectivity index (χ0) is 4.83. The summed E-state index contributed by atoms with van der Waals surface area (Å²) in [6.45, 7) is 5.70. The topological polar surface area (TPSA) is 0 Å². The van der Waals surface area contributed by atoms with Crippen molar-refractivity contribution < 1.29 is 17.0 Å². The molecule has 0 aliphatic heterocycles. The Kier molecular flexibility index (Phi) is 31.3. The van der Waals surface area contributed by atoms with Crippen LogP contribution in [0.1, 0.15) is 19.8 Å². The second-order valence-electron chi connectivity index (χ2n) is 1.22. The first-order chi connectivity index (χ1) is 2.91. The average molecular weight is 187 g/mol. The number of allylic oxidation sites excluding steroid dienone is 1. The van der Waals surface area contributed by atoms with Gasteiger partial charge in [0.25, 0.3) is 0 Å². The summed E-state index contributed by atoms with van der Waals surface area (Å²) in [5.41, 5.74) is 0. The van der Waals surface area contributed by atoms with Crippen molar-refractivity contribution in [3.8, 4) is 0 Å². The Morgan fingerprint density at radius 2 is 2.12 bits per heavy atom. The Morgan fingerprint density at radius 1 is 1.62 bits per heavy atom. The molecule has 0 atom stereocenters. The van der Waals surface area contributed by atoms with Gasteiger partial charge in [0.2, 0.25) is 0 Å². The van der Waals surface area contributed by atoms with Gasteiger partial charge in [-0.3, -0.25) is 0 Å². The summed E-state index contributed by atoms with van der Waals surface area (Å²) in [5.74, 6) is 0.